The number of nitrogens with zero attached hydrogens (tertiary/aromatic N) is 3. The van der Waals surface area contributed by atoms with Gasteiger partial charge in [0.15, 0.2) is 0 Å². The maximum Gasteiger partial charge on any atom is 0.138 e. The number of halogens is 1. The number of aromatic nitrogens is 3. The molecule has 1 unspecified atom stereocenters. The van der Waals surface area contributed by atoms with Crippen molar-refractivity contribution in [2.45, 2.75) is 39.3 Å². The first-order chi connectivity index (χ1) is 9.11. The normalized spacial score (nSPS) is 13.1. The van der Waals surface area contributed by atoms with Crippen molar-refractivity contribution < 1.29 is 0 Å². The second-order valence-electron chi connectivity index (χ2n) is 4.71. The maximum absolute atomic E-state index is 4.41. The highest BCUT2D eigenvalue weighted by atomic mass is 127. The van der Waals surface area contributed by atoms with Gasteiger partial charge in [-0.05, 0) is 60.0 Å². The van der Waals surface area contributed by atoms with Gasteiger partial charge in [0.25, 0.3) is 0 Å². The Kier molecular flexibility index (Phi) is 5.35. The minimum absolute atomic E-state index is 0.312. The minimum Gasteiger partial charge on any atom is -0.310 e. The molecule has 0 radical (unpaired) electrons. The Morgan fingerprint density at radius 2 is 2.26 bits per heavy atom. The van der Waals surface area contributed by atoms with Crippen LogP contribution in [0.1, 0.15) is 44.2 Å². The third-order valence-corrected chi connectivity index (χ3v) is 4.77. The predicted molar refractivity (Wildman–Crippen MR) is 87.6 cm³/mol. The van der Waals surface area contributed by atoms with Crippen molar-refractivity contribution in [3.8, 4) is 0 Å². The van der Waals surface area contributed by atoms with Crippen molar-refractivity contribution in [1.82, 2.24) is 20.1 Å². The summed E-state index contributed by atoms with van der Waals surface area (Å²) in [5.41, 5.74) is 1.34. The van der Waals surface area contributed by atoms with E-state index in [0.29, 0.717) is 12.1 Å². The standard InChI is InChI=1S/C13H19IN4S/c1-4-15-11(10-5-12(14)19-7-10)6-13-16-8-17-18(13)9(2)3/h5,7-9,11,15H,4,6H2,1-3H3. The van der Waals surface area contributed by atoms with Crippen molar-refractivity contribution >= 4 is 33.9 Å². The van der Waals surface area contributed by atoms with Crippen LogP contribution in [0.2, 0.25) is 0 Å². The third kappa shape index (κ3) is 3.76. The molecule has 19 heavy (non-hydrogen) atoms. The van der Waals surface area contributed by atoms with E-state index in [2.05, 4.69) is 70.2 Å². The molecule has 6 heteroatoms. The lowest BCUT2D eigenvalue weighted by molar-refractivity contribution is 0.469. The van der Waals surface area contributed by atoms with E-state index in [1.807, 2.05) is 4.68 Å². The third-order valence-electron chi connectivity index (χ3n) is 2.96. The largest absolute Gasteiger partial charge is 0.310 e. The van der Waals surface area contributed by atoms with Gasteiger partial charge < -0.3 is 5.32 Å². The van der Waals surface area contributed by atoms with Crippen molar-refractivity contribution in [1.29, 1.82) is 0 Å². The van der Waals surface area contributed by atoms with Gasteiger partial charge in [-0.1, -0.05) is 6.92 Å². The average molecular weight is 390 g/mol. The SMILES string of the molecule is CCNC(Cc1ncnn1C(C)C)c1csc(I)c1. The van der Waals surface area contributed by atoms with E-state index in [4.69, 9.17) is 0 Å². The lowest BCUT2D eigenvalue weighted by Crippen LogP contribution is -2.24. The summed E-state index contributed by atoms with van der Waals surface area (Å²) in [5, 5.41) is 10.1. The molecule has 0 aliphatic rings. The smallest absolute Gasteiger partial charge is 0.138 e. The van der Waals surface area contributed by atoms with Gasteiger partial charge in [-0.25, -0.2) is 9.67 Å². The van der Waals surface area contributed by atoms with E-state index in [9.17, 15) is 0 Å². The van der Waals surface area contributed by atoms with Gasteiger partial charge in [-0.15, -0.1) is 11.3 Å². The lowest BCUT2D eigenvalue weighted by atomic mass is 10.1. The number of hydrogen-bond donors (Lipinski definition) is 1. The maximum atomic E-state index is 4.41. The van der Waals surface area contributed by atoms with Gasteiger partial charge in [0.05, 0.1) is 2.88 Å². The fourth-order valence-electron chi connectivity index (χ4n) is 2.09. The molecule has 2 aromatic rings. The van der Waals surface area contributed by atoms with E-state index in [1.165, 1.54) is 8.45 Å². The van der Waals surface area contributed by atoms with Crippen LogP contribution in [0.25, 0.3) is 0 Å². The summed E-state index contributed by atoms with van der Waals surface area (Å²) in [6, 6.07) is 2.91. The number of likely N-dealkylation sites (N-methyl/N-ethyl adjacent to an activating group) is 1. The first-order valence-corrected chi connectivity index (χ1v) is 8.43. The molecule has 1 N–H and O–H groups in total. The summed E-state index contributed by atoms with van der Waals surface area (Å²) in [7, 11) is 0. The molecule has 4 nitrogen and oxygen atoms in total. The molecule has 0 spiro atoms. The van der Waals surface area contributed by atoms with Crippen LogP contribution in [0.3, 0.4) is 0 Å². The molecule has 0 bridgehead atoms. The second-order valence-corrected chi connectivity index (χ2v) is 7.52. The van der Waals surface area contributed by atoms with E-state index in [0.717, 1.165) is 18.8 Å². The highest BCUT2D eigenvalue weighted by molar-refractivity contribution is 14.1. The Labute approximate surface area is 131 Å². The molecule has 0 saturated carbocycles. The number of nitrogens with one attached hydrogen (secondary N) is 1. The Morgan fingerprint density at radius 3 is 2.84 bits per heavy atom. The quantitative estimate of drug-likeness (QED) is 0.769. The molecule has 2 aromatic heterocycles. The Balaban J connectivity index is 2.19. The fraction of sp³-hybridized carbons (Fsp3) is 0.538. The Bertz CT molecular complexity index is 520. The first kappa shape index (κ1) is 14.9. The van der Waals surface area contributed by atoms with Gasteiger partial charge >= 0.3 is 0 Å². The van der Waals surface area contributed by atoms with Gasteiger partial charge in [-0.3, -0.25) is 0 Å². The van der Waals surface area contributed by atoms with Crippen LogP contribution in [-0.2, 0) is 6.42 Å². The monoisotopic (exact) mass is 390 g/mol. The molecular formula is C13H19IN4S. The Morgan fingerprint density at radius 1 is 1.47 bits per heavy atom. The van der Waals surface area contributed by atoms with Gasteiger partial charge in [-0.2, -0.15) is 5.10 Å². The van der Waals surface area contributed by atoms with Crippen LogP contribution < -0.4 is 5.32 Å². The summed E-state index contributed by atoms with van der Waals surface area (Å²) >= 11 is 4.15. The highest BCUT2D eigenvalue weighted by Gasteiger charge is 2.17. The van der Waals surface area contributed by atoms with Crippen molar-refractivity contribution in [3.05, 3.63) is 32.0 Å². The summed E-state index contributed by atoms with van der Waals surface area (Å²) in [6.07, 6.45) is 2.52. The summed E-state index contributed by atoms with van der Waals surface area (Å²) in [6.45, 7) is 7.35. The second kappa shape index (κ2) is 6.81. The molecule has 0 saturated heterocycles. The highest BCUT2D eigenvalue weighted by Crippen LogP contribution is 2.25. The molecule has 2 heterocycles. The van der Waals surface area contributed by atoms with E-state index < -0.39 is 0 Å². The van der Waals surface area contributed by atoms with Gasteiger partial charge in [0.2, 0.25) is 0 Å². The number of hydrogen-bond acceptors (Lipinski definition) is 4. The molecule has 2 rings (SSSR count). The molecule has 1 atom stereocenters. The van der Waals surface area contributed by atoms with E-state index in [-0.39, 0.29) is 0 Å². The predicted octanol–water partition coefficient (Wildman–Crippen LogP) is 3.42. The van der Waals surface area contributed by atoms with Crippen LogP contribution in [0.5, 0.6) is 0 Å². The lowest BCUT2D eigenvalue weighted by Gasteiger charge is -2.18. The molecule has 0 amide bonds. The molecule has 0 aromatic carbocycles. The molecule has 0 fully saturated rings. The zero-order chi connectivity index (χ0) is 13.8. The molecule has 0 aliphatic heterocycles. The van der Waals surface area contributed by atoms with E-state index >= 15 is 0 Å². The molecule has 0 aliphatic carbocycles. The first-order valence-electron chi connectivity index (χ1n) is 6.47. The van der Waals surface area contributed by atoms with Crippen molar-refractivity contribution in [2.75, 3.05) is 6.54 Å². The van der Waals surface area contributed by atoms with Crippen LogP contribution in [-0.4, -0.2) is 21.3 Å². The van der Waals surface area contributed by atoms with Gasteiger partial charge in [0.1, 0.15) is 12.2 Å². The number of rotatable bonds is 6. The van der Waals surface area contributed by atoms with Crippen LogP contribution in [0.4, 0.5) is 0 Å². The zero-order valence-corrected chi connectivity index (χ0v) is 14.4. The topological polar surface area (TPSA) is 42.7 Å². The molecular weight excluding hydrogens is 371 g/mol. The van der Waals surface area contributed by atoms with Gasteiger partial charge in [0, 0.05) is 18.5 Å². The summed E-state index contributed by atoms with van der Waals surface area (Å²) in [5.74, 6) is 1.04. The van der Waals surface area contributed by atoms with Crippen LogP contribution in [0, 0.1) is 2.88 Å². The summed E-state index contributed by atoms with van der Waals surface area (Å²) in [4.78, 5) is 4.41. The molecule has 104 valence electrons. The number of thiophene rings is 1. The van der Waals surface area contributed by atoms with Crippen LogP contribution >= 0.6 is 33.9 Å². The van der Waals surface area contributed by atoms with Crippen molar-refractivity contribution in [2.24, 2.45) is 0 Å². The average Bonchev–Trinajstić information content (AvgIpc) is 2.97. The summed E-state index contributed by atoms with van der Waals surface area (Å²) < 4.78 is 3.32. The van der Waals surface area contributed by atoms with E-state index in [1.54, 1.807) is 17.7 Å². The minimum atomic E-state index is 0.312. The van der Waals surface area contributed by atoms with Crippen molar-refractivity contribution in [3.63, 3.8) is 0 Å². The Hall–Kier alpha value is -0.470. The van der Waals surface area contributed by atoms with Crippen LogP contribution in [0.15, 0.2) is 17.8 Å². The fourth-order valence-corrected chi connectivity index (χ4v) is 3.52. The zero-order valence-electron chi connectivity index (χ0n) is 11.4.